The summed E-state index contributed by atoms with van der Waals surface area (Å²) >= 11 is 0. The van der Waals surface area contributed by atoms with Crippen LogP contribution in [0.25, 0.3) is 0 Å². The molecule has 0 aromatic heterocycles. The van der Waals surface area contributed by atoms with Crippen molar-refractivity contribution in [2.24, 2.45) is 0 Å². The molecule has 110 valence electrons. The Balaban J connectivity index is 2.57. The number of aliphatic carboxylic acids is 1. The van der Waals surface area contributed by atoms with Crippen molar-refractivity contribution in [3.63, 3.8) is 0 Å². The third-order valence-corrected chi connectivity index (χ3v) is 3.11. The van der Waals surface area contributed by atoms with Crippen LogP contribution in [-0.4, -0.2) is 48.7 Å². The highest BCUT2D eigenvalue weighted by atomic mass is 16.5. The Morgan fingerprint density at radius 3 is 2.60 bits per heavy atom. The molecule has 1 aromatic rings. The number of rotatable bonds is 8. The number of methoxy groups -OCH3 is 1. The van der Waals surface area contributed by atoms with Gasteiger partial charge in [0.15, 0.2) is 0 Å². The fourth-order valence-electron chi connectivity index (χ4n) is 1.95. The Labute approximate surface area is 119 Å². The van der Waals surface area contributed by atoms with E-state index in [9.17, 15) is 9.59 Å². The zero-order valence-corrected chi connectivity index (χ0v) is 12.0. The Morgan fingerprint density at radius 1 is 1.30 bits per heavy atom. The lowest BCUT2D eigenvalue weighted by molar-refractivity contribution is -0.144. The number of carboxylic acids is 1. The largest absolute Gasteiger partial charge is 0.480 e. The molecule has 0 heterocycles. The summed E-state index contributed by atoms with van der Waals surface area (Å²) in [5.41, 5.74) is 2.25. The molecule has 0 aliphatic heterocycles. The van der Waals surface area contributed by atoms with Gasteiger partial charge in [0, 0.05) is 20.1 Å². The summed E-state index contributed by atoms with van der Waals surface area (Å²) in [6.07, 6.45) is 0.927. The lowest BCUT2D eigenvalue weighted by Crippen LogP contribution is -2.38. The molecule has 0 saturated heterocycles. The van der Waals surface area contributed by atoms with Crippen molar-refractivity contribution in [3.05, 3.63) is 35.4 Å². The summed E-state index contributed by atoms with van der Waals surface area (Å²) in [6, 6.07) is 7.88. The molecular weight excluding hydrogens is 258 g/mol. The summed E-state index contributed by atoms with van der Waals surface area (Å²) in [4.78, 5) is 24.2. The Bertz CT molecular complexity index is 459. The molecule has 5 nitrogen and oxygen atoms in total. The fraction of sp³-hybridized carbons (Fsp3) is 0.467. The Morgan fingerprint density at radius 2 is 2.00 bits per heavy atom. The lowest BCUT2D eigenvalue weighted by Gasteiger charge is -2.20. The average Bonchev–Trinajstić information content (AvgIpc) is 2.41. The highest BCUT2D eigenvalue weighted by molar-refractivity contribution is 5.81. The molecule has 1 aromatic carbocycles. The minimum atomic E-state index is -1.01. The van der Waals surface area contributed by atoms with Crippen molar-refractivity contribution < 1.29 is 19.4 Å². The first-order valence-electron chi connectivity index (χ1n) is 6.57. The third kappa shape index (κ3) is 5.40. The number of hydrogen-bond donors (Lipinski definition) is 1. The van der Waals surface area contributed by atoms with E-state index < -0.39 is 5.97 Å². The SMILES string of the molecule is COCCN(CC(=O)O)C(=O)CCc1ccccc1C. The van der Waals surface area contributed by atoms with Crippen molar-refractivity contribution in [1.29, 1.82) is 0 Å². The van der Waals surface area contributed by atoms with Crippen molar-refractivity contribution in [3.8, 4) is 0 Å². The van der Waals surface area contributed by atoms with Gasteiger partial charge < -0.3 is 14.7 Å². The molecule has 1 rings (SSSR count). The zero-order chi connectivity index (χ0) is 15.0. The Hall–Kier alpha value is -1.88. The van der Waals surface area contributed by atoms with Crippen LogP contribution in [0, 0.1) is 6.92 Å². The van der Waals surface area contributed by atoms with Crippen molar-refractivity contribution in [2.75, 3.05) is 26.8 Å². The summed E-state index contributed by atoms with van der Waals surface area (Å²) in [5.74, 6) is -1.17. The van der Waals surface area contributed by atoms with E-state index in [4.69, 9.17) is 9.84 Å². The molecule has 0 aliphatic carbocycles. The van der Waals surface area contributed by atoms with Crippen LogP contribution in [0.3, 0.4) is 0 Å². The van der Waals surface area contributed by atoms with Gasteiger partial charge in [-0.25, -0.2) is 0 Å². The van der Waals surface area contributed by atoms with E-state index >= 15 is 0 Å². The molecular formula is C15H21NO4. The summed E-state index contributed by atoms with van der Waals surface area (Å²) in [6.45, 7) is 2.36. The molecule has 0 unspecified atom stereocenters. The molecule has 0 spiro atoms. The predicted molar refractivity (Wildman–Crippen MR) is 75.6 cm³/mol. The van der Waals surface area contributed by atoms with Crippen LogP contribution in [0.15, 0.2) is 24.3 Å². The molecule has 0 radical (unpaired) electrons. The van der Waals surface area contributed by atoms with E-state index in [0.717, 1.165) is 11.1 Å². The van der Waals surface area contributed by atoms with Crippen LogP contribution >= 0.6 is 0 Å². The first-order chi connectivity index (χ1) is 9.54. The number of hydrogen-bond acceptors (Lipinski definition) is 3. The van der Waals surface area contributed by atoms with Crippen LogP contribution in [0.2, 0.25) is 0 Å². The van der Waals surface area contributed by atoms with Gasteiger partial charge in [0.05, 0.1) is 6.61 Å². The molecule has 1 N–H and O–H groups in total. The number of amides is 1. The molecule has 5 heteroatoms. The maximum atomic E-state index is 12.1. The minimum absolute atomic E-state index is 0.160. The number of carbonyl (C=O) groups excluding carboxylic acids is 1. The zero-order valence-electron chi connectivity index (χ0n) is 12.0. The van der Waals surface area contributed by atoms with Crippen molar-refractivity contribution in [2.45, 2.75) is 19.8 Å². The van der Waals surface area contributed by atoms with Crippen LogP contribution in [0.5, 0.6) is 0 Å². The molecule has 1 amide bonds. The van der Waals surface area contributed by atoms with Gasteiger partial charge in [0.25, 0.3) is 0 Å². The first-order valence-corrected chi connectivity index (χ1v) is 6.57. The number of carboxylic acid groups (broad SMARTS) is 1. The molecule has 20 heavy (non-hydrogen) atoms. The second kappa shape index (κ2) is 8.32. The monoisotopic (exact) mass is 279 g/mol. The summed E-state index contributed by atoms with van der Waals surface area (Å²) < 4.78 is 4.90. The highest BCUT2D eigenvalue weighted by Crippen LogP contribution is 2.10. The van der Waals surface area contributed by atoms with Crippen LogP contribution in [0.1, 0.15) is 17.5 Å². The number of aryl methyl sites for hydroxylation is 2. The topological polar surface area (TPSA) is 66.8 Å². The van der Waals surface area contributed by atoms with Crippen molar-refractivity contribution >= 4 is 11.9 Å². The summed E-state index contributed by atoms with van der Waals surface area (Å²) in [5, 5.41) is 8.83. The predicted octanol–water partition coefficient (Wildman–Crippen LogP) is 1.49. The van der Waals surface area contributed by atoms with Gasteiger partial charge >= 0.3 is 5.97 Å². The molecule has 0 atom stereocenters. The van der Waals surface area contributed by atoms with E-state index in [1.807, 2.05) is 31.2 Å². The number of ether oxygens (including phenoxy) is 1. The van der Waals surface area contributed by atoms with Gasteiger partial charge in [-0.05, 0) is 24.5 Å². The van der Waals surface area contributed by atoms with Gasteiger partial charge in [-0.2, -0.15) is 0 Å². The van der Waals surface area contributed by atoms with E-state index in [2.05, 4.69) is 0 Å². The molecule has 0 bridgehead atoms. The van der Waals surface area contributed by atoms with Crippen LogP contribution in [-0.2, 0) is 20.7 Å². The minimum Gasteiger partial charge on any atom is -0.480 e. The van der Waals surface area contributed by atoms with E-state index in [1.54, 1.807) is 0 Å². The number of carbonyl (C=O) groups is 2. The van der Waals surface area contributed by atoms with Crippen molar-refractivity contribution in [1.82, 2.24) is 4.90 Å². The normalized spacial score (nSPS) is 10.3. The van der Waals surface area contributed by atoms with Gasteiger partial charge in [0.2, 0.25) is 5.91 Å². The quantitative estimate of drug-likeness (QED) is 0.783. The average molecular weight is 279 g/mol. The number of nitrogens with zero attached hydrogens (tertiary/aromatic N) is 1. The fourth-order valence-corrected chi connectivity index (χ4v) is 1.95. The third-order valence-electron chi connectivity index (χ3n) is 3.11. The molecule has 0 aliphatic rings. The van der Waals surface area contributed by atoms with Crippen LogP contribution in [0.4, 0.5) is 0 Å². The van der Waals surface area contributed by atoms with Gasteiger partial charge in [0.1, 0.15) is 6.54 Å². The maximum Gasteiger partial charge on any atom is 0.323 e. The van der Waals surface area contributed by atoms with E-state index in [-0.39, 0.29) is 12.5 Å². The van der Waals surface area contributed by atoms with Crippen LogP contribution < -0.4 is 0 Å². The first kappa shape index (κ1) is 16.2. The smallest absolute Gasteiger partial charge is 0.323 e. The second-order valence-corrected chi connectivity index (χ2v) is 4.63. The van der Waals surface area contributed by atoms with Gasteiger partial charge in [-0.15, -0.1) is 0 Å². The summed E-state index contributed by atoms with van der Waals surface area (Å²) in [7, 11) is 1.52. The Kier molecular flexibility index (Phi) is 6.73. The maximum absolute atomic E-state index is 12.1. The number of benzene rings is 1. The molecule has 0 fully saturated rings. The lowest BCUT2D eigenvalue weighted by atomic mass is 10.0. The van der Waals surface area contributed by atoms with E-state index in [0.29, 0.717) is 26.0 Å². The van der Waals surface area contributed by atoms with Gasteiger partial charge in [-0.3, -0.25) is 9.59 Å². The molecule has 0 saturated carbocycles. The van der Waals surface area contributed by atoms with Gasteiger partial charge in [-0.1, -0.05) is 24.3 Å². The standard InChI is InChI=1S/C15H21NO4/c1-12-5-3-4-6-13(12)7-8-14(17)16(9-10-20-2)11-15(18)19/h3-6H,7-11H2,1-2H3,(H,18,19). The second-order valence-electron chi connectivity index (χ2n) is 4.63. The van der Waals surface area contributed by atoms with E-state index in [1.165, 1.54) is 12.0 Å². The highest BCUT2D eigenvalue weighted by Gasteiger charge is 2.16.